The molecule has 1 N–H and O–H groups in total. The van der Waals surface area contributed by atoms with E-state index in [2.05, 4.69) is 65.4 Å². The highest BCUT2D eigenvalue weighted by Crippen LogP contribution is 2.48. The number of ether oxygens (including phenoxy) is 1. The first-order chi connectivity index (χ1) is 20.5. The average molecular weight is 554 g/mol. The molecule has 0 saturated carbocycles. The molecule has 4 heterocycles. The van der Waals surface area contributed by atoms with Gasteiger partial charge < -0.3 is 15.0 Å². The molecule has 7 rings (SSSR count). The molecule has 3 aromatic carbocycles. The lowest BCUT2D eigenvalue weighted by Crippen LogP contribution is -2.46. The van der Waals surface area contributed by atoms with E-state index < -0.39 is 0 Å². The molecule has 0 aliphatic carbocycles. The summed E-state index contributed by atoms with van der Waals surface area (Å²) in [6.07, 6.45) is 1.77. The van der Waals surface area contributed by atoms with Crippen LogP contribution in [0.15, 0.2) is 101 Å². The molecule has 42 heavy (non-hydrogen) atoms. The molecule has 8 heteroatoms. The minimum atomic E-state index is -0.214. The van der Waals surface area contributed by atoms with Crippen LogP contribution in [0.1, 0.15) is 40.9 Å². The SMILES string of the molecule is CCOc1ccc([C@@H]2c3c(C)nn(-c4ccccn4)c3N=C3C(Nc4ccc(C)c(C)c4)=Nc4ccccc4N32)cc1. The Balaban J connectivity index is 1.46. The van der Waals surface area contributed by atoms with Crippen molar-refractivity contribution in [2.45, 2.75) is 33.7 Å². The molecule has 5 aromatic rings. The average Bonchev–Trinajstić information content (AvgIpc) is 3.35. The summed E-state index contributed by atoms with van der Waals surface area (Å²) in [7, 11) is 0. The van der Waals surface area contributed by atoms with Gasteiger partial charge in [0.1, 0.15) is 5.75 Å². The summed E-state index contributed by atoms with van der Waals surface area (Å²) in [5, 5.41) is 8.56. The lowest BCUT2D eigenvalue weighted by molar-refractivity contribution is 0.340. The molecule has 208 valence electrons. The second-order valence-corrected chi connectivity index (χ2v) is 10.5. The predicted octanol–water partition coefficient (Wildman–Crippen LogP) is 7.39. The predicted molar refractivity (Wildman–Crippen MR) is 168 cm³/mol. The van der Waals surface area contributed by atoms with Crippen molar-refractivity contribution >= 4 is 34.6 Å². The van der Waals surface area contributed by atoms with E-state index in [0.717, 1.165) is 51.3 Å². The van der Waals surface area contributed by atoms with E-state index in [-0.39, 0.29) is 6.04 Å². The lowest BCUT2D eigenvalue weighted by Gasteiger charge is -2.40. The Morgan fingerprint density at radius 1 is 0.857 bits per heavy atom. The van der Waals surface area contributed by atoms with Gasteiger partial charge in [0.05, 0.1) is 29.7 Å². The zero-order valence-electron chi connectivity index (χ0n) is 24.0. The van der Waals surface area contributed by atoms with Crippen molar-refractivity contribution in [1.29, 1.82) is 0 Å². The number of nitrogens with one attached hydrogen (secondary N) is 1. The number of aliphatic imine (C=N–C) groups is 2. The molecule has 0 radical (unpaired) electrons. The molecule has 0 spiro atoms. The van der Waals surface area contributed by atoms with Crippen molar-refractivity contribution in [3.8, 4) is 11.6 Å². The van der Waals surface area contributed by atoms with E-state index in [9.17, 15) is 0 Å². The summed E-state index contributed by atoms with van der Waals surface area (Å²) in [5.74, 6) is 3.68. The zero-order valence-corrected chi connectivity index (χ0v) is 24.0. The third-order valence-corrected chi connectivity index (χ3v) is 7.78. The van der Waals surface area contributed by atoms with Crippen molar-refractivity contribution in [1.82, 2.24) is 14.8 Å². The molecular weight excluding hydrogens is 522 g/mol. The van der Waals surface area contributed by atoms with Crippen LogP contribution in [-0.2, 0) is 0 Å². The summed E-state index contributed by atoms with van der Waals surface area (Å²) < 4.78 is 7.61. The van der Waals surface area contributed by atoms with Crippen LogP contribution < -0.4 is 15.0 Å². The number of rotatable bonds is 5. The Morgan fingerprint density at radius 3 is 2.43 bits per heavy atom. The van der Waals surface area contributed by atoms with Gasteiger partial charge in [0, 0.05) is 17.4 Å². The van der Waals surface area contributed by atoms with Crippen LogP contribution in [0.5, 0.6) is 5.75 Å². The number of aromatic nitrogens is 3. The number of para-hydroxylation sites is 2. The van der Waals surface area contributed by atoms with Gasteiger partial charge in [-0.2, -0.15) is 9.78 Å². The first-order valence-corrected chi connectivity index (χ1v) is 14.2. The third kappa shape index (κ3) is 4.32. The fourth-order valence-corrected chi connectivity index (χ4v) is 5.62. The number of fused-ring (bicyclic) bond motifs is 4. The second kappa shape index (κ2) is 10.3. The normalized spacial score (nSPS) is 15.2. The van der Waals surface area contributed by atoms with Gasteiger partial charge in [-0.25, -0.2) is 15.0 Å². The summed E-state index contributed by atoms with van der Waals surface area (Å²) in [6.45, 7) is 8.88. The zero-order chi connectivity index (χ0) is 28.8. The van der Waals surface area contributed by atoms with Crippen LogP contribution in [0.2, 0.25) is 0 Å². The van der Waals surface area contributed by atoms with Gasteiger partial charge in [0.2, 0.25) is 0 Å². The van der Waals surface area contributed by atoms with Gasteiger partial charge in [0.15, 0.2) is 23.3 Å². The summed E-state index contributed by atoms with van der Waals surface area (Å²) in [4.78, 5) is 17.3. The molecule has 2 aliphatic heterocycles. The maximum atomic E-state index is 5.78. The van der Waals surface area contributed by atoms with Gasteiger partial charge in [-0.15, -0.1) is 0 Å². The Bertz CT molecular complexity index is 1860. The van der Waals surface area contributed by atoms with E-state index in [1.54, 1.807) is 6.20 Å². The number of benzene rings is 3. The molecule has 2 aromatic heterocycles. The summed E-state index contributed by atoms with van der Waals surface area (Å²) in [6, 6.07) is 28.5. The van der Waals surface area contributed by atoms with Crippen LogP contribution in [0, 0.1) is 20.8 Å². The molecular formula is C34H31N7O. The molecule has 2 aliphatic rings. The highest BCUT2D eigenvalue weighted by atomic mass is 16.5. The molecule has 0 unspecified atom stereocenters. The monoisotopic (exact) mass is 553 g/mol. The Morgan fingerprint density at radius 2 is 1.67 bits per heavy atom. The molecule has 0 amide bonds. The number of amidine groups is 2. The third-order valence-electron chi connectivity index (χ3n) is 7.78. The quantitative estimate of drug-likeness (QED) is 0.246. The topological polar surface area (TPSA) is 79.9 Å². The maximum absolute atomic E-state index is 5.78. The van der Waals surface area contributed by atoms with Crippen LogP contribution in [-0.4, -0.2) is 33.0 Å². The Kier molecular flexibility index (Phi) is 6.31. The van der Waals surface area contributed by atoms with Gasteiger partial charge >= 0.3 is 0 Å². The molecule has 0 fully saturated rings. The van der Waals surface area contributed by atoms with Crippen molar-refractivity contribution in [2.24, 2.45) is 9.98 Å². The number of anilines is 2. The van der Waals surface area contributed by atoms with Crippen molar-refractivity contribution < 1.29 is 4.74 Å². The second-order valence-electron chi connectivity index (χ2n) is 10.5. The highest BCUT2D eigenvalue weighted by molar-refractivity contribution is 6.51. The Hall–Kier alpha value is -5.24. The first kappa shape index (κ1) is 25.7. The van der Waals surface area contributed by atoms with Crippen LogP contribution in [0.3, 0.4) is 0 Å². The summed E-state index contributed by atoms with van der Waals surface area (Å²) in [5.41, 5.74) is 8.26. The Labute approximate surface area is 245 Å². The number of pyridine rings is 1. The largest absolute Gasteiger partial charge is 0.494 e. The van der Waals surface area contributed by atoms with E-state index in [4.69, 9.17) is 19.8 Å². The van der Waals surface area contributed by atoms with Crippen LogP contribution >= 0.6 is 0 Å². The fourth-order valence-electron chi connectivity index (χ4n) is 5.62. The highest BCUT2D eigenvalue weighted by Gasteiger charge is 2.41. The maximum Gasteiger partial charge on any atom is 0.179 e. The lowest BCUT2D eigenvalue weighted by atomic mass is 9.93. The minimum absolute atomic E-state index is 0.214. The number of aryl methyl sites for hydroxylation is 3. The van der Waals surface area contributed by atoms with E-state index in [1.165, 1.54) is 11.1 Å². The number of hydrogen-bond donors (Lipinski definition) is 1. The van der Waals surface area contributed by atoms with E-state index >= 15 is 0 Å². The number of hydrogen-bond acceptors (Lipinski definition) is 7. The van der Waals surface area contributed by atoms with E-state index in [1.807, 2.05) is 67.1 Å². The number of nitrogens with zero attached hydrogens (tertiary/aromatic N) is 6. The van der Waals surface area contributed by atoms with Gasteiger partial charge in [-0.3, -0.25) is 0 Å². The smallest absolute Gasteiger partial charge is 0.179 e. The molecule has 0 saturated heterocycles. The minimum Gasteiger partial charge on any atom is -0.494 e. The van der Waals surface area contributed by atoms with Crippen LogP contribution in [0.25, 0.3) is 5.82 Å². The fraction of sp³-hybridized carbons (Fsp3) is 0.176. The van der Waals surface area contributed by atoms with Gasteiger partial charge in [-0.1, -0.05) is 36.4 Å². The van der Waals surface area contributed by atoms with Crippen molar-refractivity contribution in [2.75, 3.05) is 16.8 Å². The van der Waals surface area contributed by atoms with Gasteiger partial charge in [0.25, 0.3) is 0 Å². The van der Waals surface area contributed by atoms with Crippen molar-refractivity contribution in [3.05, 3.63) is 119 Å². The standard InChI is InChI=1S/C34H31N7O/c1-5-42-26-17-14-24(15-18-26)31-30-23(4)39-41(29-12-8-9-19-35-29)33(30)38-34-32(36-25-16-13-21(2)22(3)20-25)37-27-10-6-7-11-28(27)40(31)34/h6-20,31H,5H2,1-4H3,(H,36,37)/t31-/m1/s1. The summed E-state index contributed by atoms with van der Waals surface area (Å²) >= 11 is 0. The van der Waals surface area contributed by atoms with Crippen LogP contribution in [0.4, 0.5) is 22.9 Å². The molecule has 1 atom stereocenters. The van der Waals surface area contributed by atoms with Crippen molar-refractivity contribution in [3.63, 3.8) is 0 Å². The first-order valence-electron chi connectivity index (χ1n) is 14.2. The molecule has 0 bridgehead atoms. The van der Waals surface area contributed by atoms with Gasteiger partial charge in [-0.05, 0) is 92.9 Å². The molecule has 8 nitrogen and oxygen atoms in total. The van der Waals surface area contributed by atoms with E-state index in [0.29, 0.717) is 18.3 Å².